The van der Waals surface area contributed by atoms with E-state index in [9.17, 15) is 9.59 Å². The molecular formula is C30H26FNO3. The minimum Gasteiger partial charge on any atom is -0.457 e. The summed E-state index contributed by atoms with van der Waals surface area (Å²) in [6.07, 6.45) is 0.917. The van der Waals surface area contributed by atoms with Crippen LogP contribution in [0.25, 0.3) is 0 Å². The molecule has 2 atom stereocenters. The minimum atomic E-state index is -0.819. The number of carbonyl (C=O) groups is 2. The normalized spacial score (nSPS) is 19.8. The predicted molar refractivity (Wildman–Crippen MR) is 132 cm³/mol. The lowest BCUT2D eigenvalue weighted by Gasteiger charge is -2.36. The van der Waals surface area contributed by atoms with Crippen LogP contribution in [0.1, 0.15) is 48.3 Å². The number of ketones is 1. The fourth-order valence-corrected chi connectivity index (χ4v) is 5.09. The van der Waals surface area contributed by atoms with Gasteiger partial charge in [0.1, 0.15) is 12.4 Å². The van der Waals surface area contributed by atoms with Gasteiger partial charge < -0.3 is 10.1 Å². The third-order valence-corrected chi connectivity index (χ3v) is 6.75. The molecular weight excluding hydrogens is 441 g/mol. The molecule has 5 heteroatoms. The Hall–Kier alpha value is -3.99. The summed E-state index contributed by atoms with van der Waals surface area (Å²) in [4.78, 5) is 26.9. The number of dihydropyridines is 1. The van der Waals surface area contributed by atoms with Crippen LogP contribution in [-0.4, -0.2) is 11.8 Å². The van der Waals surface area contributed by atoms with Crippen LogP contribution in [0.2, 0.25) is 0 Å². The van der Waals surface area contributed by atoms with Crippen molar-refractivity contribution in [2.24, 2.45) is 0 Å². The number of Topliss-reactive ketones (excluding diaryl/α,β-unsaturated/α-hetero) is 1. The maximum atomic E-state index is 15.1. The molecule has 0 saturated heterocycles. The van der Waals surface area contributed by atoms with Crippen molar-refractivity contribution in [3.8, 4) is 0 Å². The molecule has 2 aliphatic rings. The molecule has 0 amide bonds. The summed E-state index contributed by atoms with van der Waals surface area (Å²) >= 11 is 0. The number of halogens is 1. The average Bonchev–Trinajstić information content (AvgIpc) is 2.88. The van der Waals surface area contributed by atoms with E-state index in [4.69, 9.17) is 4.74 Å². The Bertz CT molecular complexity index is 1330. The molecule has 0 spiro atoms. The summed E-state index contributed by atoms with van der Waals surface area (Å²) < 4.78 is 20.7. The van der Waals surface area contributed by atoms with Crippen LogP contribution in [0.5, 0.6) is 0 Å². The SMILES string of the molecule is CC1=C(C(=O)OCc2ccccc2)[C@@H](c2ccccc2F)C2=C(C[C@H](c3ccccc3)CC2=O)N1. The first-order valence-corrected chi connectivity index (χ1v) is 11.8. The maximum Gasteiger partial charge on any atom is 0.337 e. The van der Waals surface area contributed by atoms with E-state index in [1.165, 1.54) is 6.07 Å². The summed E-state index contributed by atoms with van der Waals surface area (Å²) in [6, 6.07) is 25.6. The second-order valence-corrected chi connectivity index (χ2v) is 9.01. The summed E-state index contributed by atoms with van der Waals surface area (Å²) in [5.74, 6) is -1.89. The Morgan fingerprint density at radius 1 is 0.943 bits per heavy atom. The molecule has 0 fully saturated rings. The van der Waals surface area contributed by atoms with Crippen molar-refractivity contribution in [3.05, 3.63) is 130 Å². The second-order valence-electron chi connectivity index (χ2n) is 9.01. The number of esters is 1. The lowest BCUT2D eigenvalue weighted by Crippen LogP contribution is -2.36. The van der Waals surface area contributed by atoms with Crippen LogP contribution >= 0.6 is 0 Å². The van der Waals surface area contributed by atoms with Crippen LogP contribution in [-0.2, 0) is 20.9 Å². The second kappa shape index (κ2) is 9.71. The van der Waals surface area contributed by atoms with Crippen molar-refractivity contribution in [1.82, 2.24) is 5.32 Å². The third-order valence-electron chi connectivity index (χ3n) is 6.75. The molecule has 3 aromatic rings. The zero-order valence-corrected chi connectivity index (χ0v) is 19.5. The van der Waals surface area contributed by atoms with Gasteiger partial charge in [0.2, 0.25) is 0 Å². The summed E-state index contributed by atoms with van der Waals surface area (Å²) in [7, 11) is 0. The highest BCUT2D eigenvalue weighted by atomic mass is 19.1. The van der Waals surface area contributed by atoms with Gasteiger partial charge in [0, 0.05) is 29.0 Å². The number of rotatable bonds is 5. The molecule has 1 aliphatic heterocycles. The van der Waals surface area contributed by atoms with Crippen molar-refractivity contribution in [3.63, 3.8) is 0 Å². The average molecular weight is 468 g/mol. The molecule has 3 aromatic carbocycles. The van der Waals surface area contributed by atoms with Gasteiger partial charge in [0.05, 0.1) is 11.5 Å². The van der Waals surface area contributed by atoms with Gasteiger partial charge in [-0.2, -0.15) is 0 Å². The first-order chi connectivity index (χ1) is 17.0. The molecule has 0 saturated carbocycles. The fourth-order valence-electron chi connectivity index (χ4n) is 5.09. The smallest absolute Gasteiger partial charge is 0.337 e. The number of hydrogen-bond donors (Lipinski definition) is 1. The zero-order valence-electron chi connectivity index (χ0n) is 19.5. The van der Waals surface area contributed by atoms with Crippen molar-refractivity contribution in [2.75, 3.05) is 0 Å². The van der Waals surface area contributed by atoms with Crippen molar-refractivity contribution in [1.29, 1.82) is 0 Å². The van der Waals surface area contributed by atoms with Gasteiger partial charge in [-0.05, 0) is 36.5 Å². The molecule has 1 heterocycles. The molecule has 0 unspecified atom stereocenters. The van der Waals surface area contributed by atoms with Crippen LogP contribution in [0, 0.1) is 5.82 Å². The number of allylic oxidation sites excluding steroid dienone is 3. The van der Waals surface area contributed by atoms with E-state index in [0.717, 1.165) is 16.8 Å². The number of hydrogen-bond acceptors (Lipinski definition) is 4. The monoisotopic (exact) mass is 467 g/mol. The highest BCUT2D eigenvalue weighted by Gasteiger charge is 2.42. The van der Waals surface area contributed by atoms with Gasteiger partial charge in [-0.15, -0.1) is 0 Å². The van der Waals surface area contributed by atoms with Gasteiger partial charge in [0.25, 0.3) is 0 Å². The van der Waals surface area contributed by atoms with Gasteiger partial charge in [-0.1, -0.05) is 78.9 Å². The van der Waals surface area contributed by atoms with Gasteiger partial charge >= 0.3 is 5.97 Å². The largest absolute Gasteiger partial charge is 0.457 e. The van der Waals surface area contributed by atoms with E-state index in [0.29, 0.717) is 29.7 Å². The molecule has 176 valence electrons. The van der Waals surface area contributed by atoms with E-state index in [-0.39, 0.29) is 23.9 Å². The lowest BCUT2D eigenvalue weighted by molar-refractivity contribution is -0.140. The van der Waals surface area contributed by atoms with E-state index < -0.39 is 17.7 Å². The molecule has 5 rings (SSSR count). The Morgan fingerprint density at radius 3 is 2.31 bits per heavy atom. The number of ether oxygens (including phenoxy) is 1. The number of benzene rings is 3. The van der Waals surface area contributed by atoms with Crippen molar-refractivity contribution >= 4 is 11.8 Å². The number of carbonyl (C=O) groups excluding carboxylic acids is 2. The van der Waals surface area contributed by atoms with Crippen molar-refractivity contribution in [2.45, 2.75) is 38.2 Å². The Labute approximate surface area is 204 Å². The molecule has 0 radical (unpaired) electrons. The Balaban J connectivity index is 1.53. The first kappa shape index (κ1) is 22.8. The van der Waals surface area contributed by atoms with Gasteiger partial charge in [0.15, 0.2) is 5.78 Å². The topological polar surface area (TPSA) is 55.4 Å². The zero-order chi connectivity index (χ0) is 24.4. The van der Waals surface area contributed by atoms with Gasteiger partial charge in [-0.3, -0.25) is 4.79 Å². The van der Waals surface area contributed by atoms with Crippen LogP contribution in [0.3, 0.4) is 0 Å². The van der Waals surface area contributed by atoms with E-state index in [2.05, 4.69) is 5.32 Å². The molecule has 0 aromatic heterocycles. The predicted octanol–water partition coefficient (Wildman–Crippen LogP) is 5.93. The van der Waals surface area contributed by atoms with E-state index in [1.807, 2.05) is 60.7 Å². The molecule has 0 bridgehead atoms. The molecule has 1 aliphatic carbocycles. The quantitative estimate of drug-likeness (QED) is 0.473. The molecule has 35 heavy (non-hydrogen) atoms. The highest BCUT2D eigenvalue weighted by molar-refractivity contribution is 6.04. The third kappa shape index (κ3) is 4.54. The molecule has 4 nitrogen and oxygen atoms in total. The Morgan fingerprint density at radius 2 is 1.60 bits per heavy atom. The van der Waals surface area contributed by atoms with E-state index in [1.54, 1.807) is 25.1 Å². The molecule has 1 N–H and O–H groups in total. The van der Waals surface area contributed by atoms with Crippen molar-refractivity contribution < 1.29 is 18.7 Å². The highest BCUT2D eigenvalue weighted by Crippen LogP contribution is 2.46. The summed E-state index contributed by atoms with van der Waals surface area (Å²) in [5.41, 5.74) is 4.31. The van der Waals surface area contributed by atoms with Gasteiger partial charge in [-0.25, -0.2) is 9.18 Å². The summed E-state index contributed by atoms with van der Waals surface area (Å²) in [5, 5.41) is 3.31. The Kier molecular flexibility index (Phi) is 6.32. The maximum absolute atomic E-state index is 15.1. The van der Waals surface area contributed by atoms with Crippen LogP contribution < -0.4 is 5.32 Å². The fraction of sp³-hybridized carbons (Fsp3) is 0.200. The first-order valence-electron chi connectivity index (χ1n) is 11.8. The van der Waals surface area contributed by atoms with Crippen LogP contribution in [0.4, 0.5) is 4.39 Å². The minimum absolute atomic E-state index is 0.0237. The van der Waals surface area contributed by atoms with E-state index >= 15 is 4.39 Å². The number of nitrogens with one attached hydrogen (secondary N) is 1. The lowest BCUT2D eigenvalue weighted by atomic mass is 9.71. The summed E-state index contributed by atoms with van der Waals surface area (Å²) in [6.45, 7) is 1.88. The standard InChI is InChI=1S/C30H26FNO3/c1-19-27(30(34)35-18-20-10-4-2-5-11-20)28(23-14-8-9-15-24(23)31)29-25(32-19)16-22(17-26(29)33)21-12-6-3-7-13-21/h2-15,22,28,32H,16-18H2,1H3/t22-,28+/m0/s1. The van der Waals surface area contributed by atoms with Crippen LogP contribution in [0.15, 0.2) is 107 Å².